The average Bonchev–Trinajstić information content (AvgIpc) is 3.39. The molecule has 4 N–H and O–H groups in total. The third kappa shape index (κ3) is 7.75. The number of aliphatic hydroxyl groups is 4. The molecule has 5 saturated heterocycles. The second-order valence-corrected chi connectivity index (χ2v) is 17.7. The molecule has 304 valence electrons. The zero-order chi connectivity index (χ0) is 38.7. The molecule has 0 radical (unpaired) electrons. The van der Waals surface area contributed by atoms with Crippen molar-refractivity contribution in [3.05, 3.63) is 0 Å². The zero-order valence-electron chi connectivity index (χ0n) is 34.0. The van der Waals surface area contributed by atoms with Crippen LogP contribution in [0, 0.1) is 23.7 Å². The Balaban J connectivity index is 1.61. The molecule has 5 aliphatic heterocycles. The second-order valence-electron chi connectivity index (χ2n) is 17.7. The van der Waals surface area contributed by atoms with Crippen LogP contribution in [0.4, 0.5) is 0 Å². The van der Waals surface area contributed by atoms with Gasteiger partial charge in [0.15, 0.2) is 12.6 Å². The quantitative estimate of drug-likeness (QED) is 0.272. The topological polar surface area (TPSA) is 158 Å². The Kier molecular flexibility index (Phi) is 12.9. The molecule has 0 saturated carbocycles. The number of fused-ring (bicyclic) bond motifs is 4. The molecular formula is C39H71NO12. The number of aliphatic hydroxyl groups excluding tert-OH is 2. The zero-order valence-corrected chi connectivity index (χ0v) is 34.0. The Morgan fingerprint density at radius 3 is 2.15 bits per heavy atom. The highest BCUT2D eigenvalue weighted by molar-refractivity contribution is 5.07. The highest BCUT2D eigenvalue weighted by Gasteiger charge is 2.64. The summed E-state index contributed by atoms with van der Waals surface area (Å²) in [5.74, 6) is -3.89. The molecule has 5 rings (SSSR count). The first kappa shape index (κ1) is 42.6. The van der Waals surface area contributed by atoms with Crippen molar-refractivity contribution in [2.24, 2.45) is 23.7 Å². The Hall–Kier alpha value is -0.520. The van der Waals surface area contributed by atoms with Crippen LogP contribution < -0.4 is 0 Å². The SMILES string of the molecule is CCCN(C)C1CC(C)O[C@@H](O[C@@H]2[C@@H](C)[C@H](O[C@H]3CC(C)(OC)[C@@H](O)C(C)O3)[C@@H](C)[C@@]3(O)O[C@H]([C@@H](C)C4O[C@]2(C)C[C@@H]4C)[C@](C)(O)[C@@H](CC)O3)C1O. The summed E-state index contributed by atoms with van der Waals surface area (Å²) in [6.07, 6.45) is -5.10. The van der Waals surface area contributed by atoms with E-state index in [9.17, 15) is 20.4 Å². The van der Waals surface area contributed by atoms with E-state index in [-0.39, 0.29) is 36.5 Å². The summed E-state index contributed by atoms with van der Waals surface area (Å²) in [4.78, 5) is 2.17. The molecule has 52 heavy (non-hydrogen) atoms. The first-order chi connectivity index (χ1) is 24.2. The lowest BCUT2D eigenvalue weighted by Gasteiger charge is -2.55. The number of hydrogen-bond donors (Lipinski definition) is 4. The molecule has 0 aromatic carbocycles. The van der Waals surface area contributed by atoms with E-state index >= 15 is 0 Å². The number of ether oxygens (including phenoxy) is 8. The maximum atomic E-state index is 12.5. The van der Waals surface area contributed by atoms with Crippen LogP contribution in [0.15, 0.2) is 0 Å². The van der Waals surface area contributed by atoms with Gasteiger partial charge in [-0.2, -0.15) is 0 Å². The van der Waals surface area contributed by atoms with Crippen molar-refractivity contribution in [1.82, 2.24) is 4.90 Å². The van der Waals surface area contributed by atoms with Gasteiger partial charge >= 0.3 is 0 Å². The van der Waals surface area contributed by atoms with Gasteiger partial charge in [0.05, 0.1) is 59.8 Å². The summed E-state index contributed by atoms with van der Waals surface area (Å²) in [6.45, 7) is 22.1. The molecule has 20 atom stereocenters. The van der Waals surface area contributed by atoms with Crippen LogP contribution in [-0.2, 0) is 37.9 Å². The van der Waals surface area contributed by atoms with E-state index in [2.05, 4.69) is 18.7 Å². The van der Waals surface area contributed by atoms with Gasteiger partial charge in [0.2, 0.25) is 0 Å². The molecule has 13 heteroatoms. The minimum Gasteiger partial charge on any atom is -0.387 e. The van der Waals surface area contributed by atoms with Gasteiger partial charge in [0, 0.05) is 31.4 Å². The molecule has 0 aromatic rings. The van der Waals surface area contributed by atoms with Gasteiger partial charge in [-0.25, -0.2) is 0 Å². The summed E-state index contributed by atoms with van der Waals surface area (Å²) in [6, 6.07) is -0.174. The molecule has 6 unspecified atom stereocenters. The van der Waals surface area contributed by atoms with Gasteiger partial charge < -0.3 is 63.2 Å². The van der Waals surface area contributed by atoms with Crippen LogP contribution in [0.5, 0.6) is 0 Å². The third-order valence-electron chi connectivity index (χ3n) is 13.4. The summed E-state index contributed by atoms with van der Waals surface area (Å²) >= 11 is 0. The number of methoxy groups -OCH3 is 1. The van der Waals surface area contributed by atoms with Gasteiger partial charge in [-0.15, -0.1) is 0 Å². The van der Waals surface area contributed by atoms with Crippen molar-refractivity contribution in [3.8, 4) is 0 Å². The summed E-state index contributed by atoms with van der Waals surface area (Å²) in [7, 11) is 3.58. The van der Waals surface area contributed by atoms with Crippen LogP contribution in [-0.4, -0.2) is 142 Å². The minimum absolute atomic E-state index is 0.0240. The second kappa shape index (κ2) is 15.8. The van der Waals surface area contributed by atoms with Crippen LogP contribution in [0.2, 0.25) is 0 Å². The molecule has 4 bridgehead atoms. The van der Waals surface area contributed by atoms with E-state index in [0.717, 1.165) is 13.0 Å². The monoisotopic (exact) mass is 745 g/mol. The lowest BCUT2D eigenvalue weighted by Crippen LogP contribution is -2.69. The van der Waals surface area contributed by atoms with Crippen LogP contribution in [0.3, 0.4) is 0 Å². The van der Waals surface area contributed by atoms with Crippen LogP contribution in [0.25, 0.3) is 0 Å². The van der Waals surface area contributed by atoms with E-state index in [0.29, 0.717) is 19.3 Å². The maximum Gasteiger partial charge on any atom is 0.286 e. The standard InChI is InChI=1S/C39H71NO12/c1-14-16-40(12)26-17-21(4)46-35(29(26)41)49-33-23(6)31(48-28-19-36(9,45-13)32(42)25(8)47-28)24(7)39(44)50-27(15-2)38(11,43)34(52-39)22(5)30-20(3)18-37(33,10)51-30/h20-35,41-44H,14-19H2,1-13H3/t20-,21?,22-,23-,24+,25?,26?,27+,28-,29?,30?,31-,32-,33+,34+,35-,36?,37+,38+,39-/m0/s1. The molecule has 0 aromatic heterocycles. The third-order valence-corrected chi connectivity index (χ3v) is 13.4. The highest BCUT2D eigenvalue weighted by atomic mass is 16.8. The first-order valence-corrected chi connectivity index (χ1v) is 19.9. The molecule has 0 spiro atoms. The van der Waals surface area contributed by atoms with Crippen LogP contribution >= 0.6 is 0 Å². The number of hydrogen-bond acceptors (Lipinski definition) is 13. The molecule has 5 aliphatic rings. The van der Waals surface area contributed by atoms with Crippen molar-refractivity contribution in [1.29, 1.82) is 0 Å². The van der Waals surface area contributed by atoms with Gasteiger partial charge in [-0.3, -0.25) is 0 Å². The van der Waals surface area contributed by atoms with Gasteiger partial charge in [0.1, 0.15) is 17.8 Å². The van der Waals surface area contributed by atoms with E-state index in [1.165, 1.54) is 0 Å². The summed E-state index contributed by atoms with van der Waals surface area (Å²) < 4.78 is 52.5. The van der Waals surface area contributed by atoms with Crippen LogP contribution in [0.1, 0.15) is 108 Å². The average molecular weight is 746 g/mol. The first-order valence-electron chi connectivity index (χ1n) is 19.9. The number of nitrogens with zero attached hydrogens (tertiary/aromatic N) is 1. The van der Waals surface area contributed by atoms with Gasteiger partial charge in [-0.05, 0) is 79.8 Å². The lowest BCUT2D eigenvalue weighted by molar-refractivity contribution is -0.481. The van der Waals surface area contributed by atoms with Crippen molar-refractivity contribution in [2.45, 2.75) is 205 Å². The molecule has 0 aliphatic carbocycles. The predicted octanol–water partition coefficient (Wildman–Crippen LogP) is 3.56. The predicted molar refractivity (Wildman–Crippen MR) is 192 cm³/mol. The number of likely N-dealkylation sites (N-methyl/N-ethyl adjacent to an activating group) is 1. The van der Waals surface area contributed by atoms with Crippen molar-refractivity contribution >= 4 is 0 Å². The Morgan fingerprint density at radius 1 is 0.865 bits per heavy atom. The maximum absolute atomic E-state index is 12.5. The molecule has 0 amide bonds. The number of rotatable bonds is 9. The summed E-state index contributed by atoms with van der Waals surface area (Å²) in [5, 5.41) is 47.4. The van der Waals surface area contributed by atoms with Crippen molar-refractivity contribution in [2.75, 3.05) is 20.7 Å². The normalized spacial score (nSPS) is 54.6. The van der Waals surface area contributed by atoms with E-state index in [1.807, 2.05) is 55.5 Å². The highest BCUT2D eigenvalue weighted by Crippen LogP contribution is 2.52. The minimum atomic E-state index is -2.17. The largest absolute Gasteiger partial charge is 0.387 e. The van der Waals surface area contributed by atoms with E-state index in [1.54, 1.807) is 21.0 Å². The Morgan fingerprint density at radius 2 is 1.54 bits per heavy atom. The van der Waals surface area contributed by atoms with E-state index in [4.69, 9.17) is 37.9 Å². The molecular weight excluding hydrogens is 674 g/mol. The van der Waals surface area contributed by atoms with Gasteiger partial charge in [-0.1, -0.05) is 41.5 Å². The smallest absolute Gasteiger partial charge is 0.286 e. The molecule has 5 heterocycles. The summed E-state index contributed by atoms with van der Waals surface area (Å²) in [5.41, 5.74) is -3.30. The van der Waals surface area contributed by atoms with Crippen molar-refractivity contribution in [3.63, 3.8) is 0 Å². The fourth-order valence-electron chi connectivity index (χ4n) is 10.3. The van der Waals surface area contributed by atoms with Gasteiger partial charge in [0.25, 0.3) is 5.97 Å². The van der Waals surface area contributed by atoms with Crippen molar-refractivity contribution < 1.29 is 58.3 Å². The fourth-order valence-corrected chi connectivity index (χ4v) is 10.3. The molecule has 13 nitrogen and oxygen atoms in total. The molecule has 5 fully saturated rings. The van der Waals surface area contributed by atoms with E-state index < -0.39 is 89.9 Å². The fraction of sp³-hybridized carbons (Fsp3) is 1.00. The lowest BCUT2D eigenvalue weighted by atomic mass is 9.74. The Bertz CT molecular complexity index is 1200. The Labute approximate surface area is 311 Å².